The van der Waals surface area contributed by atoms with Crippen LogP contribution in [0.2, 0.25) is 0 Å². The average Bonchev–Trinajstić information content (AvgIpc) is 2.00. The van der Waals surface area contributed by atoms with Crippen molar-refractivity contribution in [1.82, 2.24) is 0 Å². The fourth-order valence-corrected chi connectivity index (χ4v) is 9.05. The van der Waals surface area contributed by atoms with Crippen LogP contribution in [-0.2, 0) is 72.8 Å². The van der Waals surface area contributed by atoms with E-state index >= 15 is 0 Å². The monoisotopic (exact) mass is 726 g/mol. The predicted molar refractivity (Wildman–Crippen MR) is 20.0 cm³/mol. The zero-order valence-corrected chi connectivity index (χ0v) is 19.3. The normalized spacial score (nSPS) is 13.7. The van der Waals surface area contributed by atoms with Crippen LogP contribution in [0.5, 0.6) is 0 Å². The van der Waals surface area contributed by atoms with E-state index in [9.17, 15) is 22.8 Å². The van der Waals surface area contributed by atoms with Crippen molar-refractivity contribution in [3.05, 3.63) is 0 Å². The molecule has 0 spiro atoms. The third-order valence-electron chi connectivity index (χ3n) is 0.569. The zero-order chi connectivity index (χ0) is 12.3. The van der Waals surface area contributed by atoms with Gasteiger partial charge >= 0.3 is 125 Å². The molecule has 0 aromatic carbocycles. The topological polar surface area (TPSA) is 139 Å². The summed E-state index contributed by atoms with van der Waals surface area (Å²) < 4.78 is 78.6. The molecule has 0 aliphatic rings. The van der Waals surface area contributed by atoms with Gasteiger partial charge in [0.05, 0.1) is 0 Å². The van der Waals surface area contributed by atoms with Crippen molar-refractivity contribution in [1.29, 1.82) is 0 Å². The molecule has 0 aromatic rings. The molecule has 0 N–H and O–H groups in total. The van der Waals surface area contributed by atoms with Gasteiger partial charge in [0.1, 0.15) is 0 Å². The van der Waals surface area contributed by atoms with Gasteiger partial charge in [-0.3, -0.25) is 0 Å². The second kappa shape index (κ2) is 6.31. The van der Waals surface area contributed by atoms with Crippen LogP contribution in [0.1, 0.15) is 0 Å². The summed E-state index contributed by atoms with van der Waals surface area (Å²) in [6.07, 6.45) is 0. The van der Waals surface area contributed by atoms with E-state index in [1.54, 1.807) is 0 Å². The summed E-state index contributed by atoms with van der Waals surface area (Å²) in [6.45, 7) is 0. The van der Waals surface area contributed by atoms with Gasteiger partial charge in [-0.25, -0.2) is 0 Å². The standard InChI is InChI=1S/3Cr.10O.2Tl. The summed E-state index contributed by atoms with van der Waals surface area (Å²) in [4.78, 5) is 0. The van der Waals surface area contributed by atoms with Crippen molar-refractivity contribution >= 4 is 52.4 Å². The molecule has 0 heterocycles. The van der Waals surface area contributed by atoms with Crippen LogP contribution in [-0.4, -0.2) is 52.4 Å². The van der Waals surface area contributed by atoms with Gasteiger partial charge in [-0.2, -0.15) is 0 Å². The summed E-state index contributed by atoms with van der Waals surface area (Å²) in [5.41, 5.74) is 0. The Morgan fingerprint density at radius 2 is 0.867 bits per heavy atom. The Morgan fingerprint density at radius 3 is 1.07 bits per heavy atom. The molecule has 10 nitrogen and oxygen atoms in total. The van der Waals surface area contributed by atoms with E-state index < -0.39 is 93.3 Å². The molecule has 15 heavy (non-hydrogen) atoms. The summed E-state index contributed by atoms with van der Waals surface area (Å²) in [6, 6.07) is 0. The van der Waals surface area contributed by atoms with Gasteiger partial charge in [0.25, 0.3) is 0 Å². The van der Waals surface area contributed by atoms with Crippen LogP contribution in [0.15, 0.2) is 0 Å². The molecule has 0 atom stereocenters. The first-order valence-corrected chi connectivity index (χ1v) is 12.4. The van der Waals surface area contributed by atoms with E-state index in [1.807, 2.05) is 0 Å². The van der Waals surface area contributed by atoms with Crippen molar-refractivity contribution in [2.24, 2.45) is 0 Å². The second-order valence-corrected chi connectivity index (χ2v) is 14.3. The molecular formula is Cr3O10Tl2. The summed E-state index contributed by atoms with van der Waals surface area (Å²) >= 11 is -18.1. The number of hydrogen-bond donors (Lipinski definition) is 0. The Morgan fingerprint density at radius 1 is 0.600 bits per heavy atom. The minimum atomic E-state index is -6.01. The van der Waals surface area contributed by atoms with Crippen LogP contribution in [0.3, 0.4) is 0 Å². The molecule has 0 saturated carbocycles. The van der Waals surface area contributed by atoms with Gasteiger partial charge in [0, 0.05) is 0 Å². The molecule has 0 radical (unpaired) electrons. The molecule has 0 aliphatic carbocycles. The van der Waals surface area contributed by atoms with Crippen molar-refractivity contribution in [2.75, 3.05) is 0 Å². The van der Waals surface area contributed by atoms with Gasteiger partial charge in [-0.05, 0) is 0 Å². The Labute approximate surface area is 123 Å². The molecule has 84 valence electrons. The predicted octanol–water partition coefficient (Wildman–Crippen LogP) is -1.76. The Balaban J connectivity index is 4.91. The number of hydrogen-bond acceptors (Lipinski definition) is 10. The first-order chi connectivity index (χ1) is 6.54. The maximum absolute atomic E-state index is 10.8. The Hall–Kier alpha value is 2.08. The van der Waals surface area contributed by atoms with Gasteiger partial charge < -0.3 is 0 Å². The van der Waals surface area contributed by atoms with E-state index in [2.05, 4.69) is 9.16 Å². The SMILES string of the molecule is [O]=[Cr](=[O])([O][Tl])[O][Cr](=[O])(=[O])[O][Cr](=[O])(=[O])[O][Tl]. The Kier molecular flexibility index (Phi) is 7.18. The summed E-state index contributed by atoms with van der Waals surface area (Å²) in [5.74, 6) is 0. The van der Waals surface area contributed by atoms with E-state index in [4.69, 9.17) is 0 Å². The molecule has 0 fully saturated rings. The van der Waals surface area contributed by atoms with E-state index in [0.29, 0.717) is 0 Å². The van der Waals surface area contributed by atoms with E-state index in [1.165, 1.54) is 0 Å². The van der Waals surface area contributed by atoms with Crippen LogP contribution in [0.25, 0.3) is 0 Å². The minimum absolute atomic E-state index is 0.517. The van der Waals surface area contributed by atoms with Gasteiger partial charge in [-0.15, -0.1) is 0 Å². The fraction of sp³-hybridized carbons (Fsp3) is 0. The summed E-state index contributed by atoms with van der Waals surface area (Å²) in [7, 11) is 0. The molecule has 0 bridgehead atoms. The Bertz CT molecular complexity index is 449. The zero-order valence-electron chi connectivity index (χ0n) is 6.46. The van der Waals surface area contributed by atoms with Gasteiger partial charge in [-0.1, -0.05) is 0 Å². The molecule has 0 saturated heterocycles. The van der Waals surface area contributed by atoms with Crippen LogP contribution >= 0.6 is 0 Å². The second-order valence-electron chi connectivity index (χ2n) is 1.55. The fourth-order valence-electron chi connectivity index (χ4n) is 0.248. The third-order valence-corrected chi connectivity index (χ3v) is 14.2. The van der Waals surface area contributed by atoms with Gasteiger partial charge in [0.15, 0.2) is 0 Å². The first kappa shape index (κ1) is 17.1. The van der Waals surface area contributed by atoms with Gasteiger partial charge in [0.2, 0.25) is 0 Å². The van der Waals surface area contributed by atoms with Crippen molar-refractivity contribution in [3.8, 4) is 0 Å². The van der Waals surface area contributed by atoms with Crippen LogP contribution in [0.4, 0.5) is 0 Å². The third kappa shape index (κ3) is 7.91. The molecule has 0 aromatic heterocycles. The van der Waals surface area contributed by atoms with Crippen molar-refractivity contribution in [3.63, 3.8) is 0 Å². The summed E-state index contributed by atoms with van der Waals surface area (Å²) in [5, 5.41) is 0. The molecule has 0 amide bonds. The average molecular weight is 725 g/mol. The molecule has 0 aliphatic heterocycles. The molecular weight excluding hydrogens is 725 g/mol. The molecule has 15 heteroatoms. The van der Waals surface area contributed by atoms with Crippen LogP contribution < -0.4 is 0 Å². The molecule has 0 unspecified atom stereocenters. The van der Waals surface area contributed by atoms with Crippen molar-refractivity contribution < 1.29 is 72.8 Å². The first-order valence-electron chi connectivity index (χ1n) is 2.47. The molecule has 0 rings (SSSR count). The maximum atomic E-state index is 10.8. The van der Waals surface area contributed by atoms with Crippen molar-refractivity contribution in [2.45, 2.75) is 0 Å². The van der Waals surface area contributed by atoms with Crippen LogP contribution in [0, 0.1) is 0 Å². The number of rotatable bonds is 6. The van der Waals surface area contributed by atoms with E-state index in [0.717, 1.165) is 0 Å². The quantitative estimate of drug-likeness (QED) is 0.290. The van der Waals surface area contributed by atoms with E-state index in [-0.39, 0.29) is 0 Å².